The normalized spacial score (nSPS) is 13.3. The maximum Gasteiger partial charge on any atom is 0.399 e. The van der Waals surface area contributed by atoms with Gasteiger partial charge in [-0.05, 0) is 6.07 Å². The monoisotopic (exact) mass is 216 g/mol. The molecule has 15 heavy (non-hydrogen) atoms. The van der Waals surface area contributed by atoms with Crippen LogP contribution in [0.2, 0.25) is 0 Å². The van der Waals surface area contributed by atoms with E-state index in [1.165, 1.54) is 19.2 Å². The second-order valence-electron chi connectivity index (χ2n) is 3.00. The van der Waals surface area contributed by atoms with Crippen LogP contribution in [0.4, 0.5) is 13.2 Å². The van der Waals surface area contributed by atoms with Crippen LogP contribution < -0.4 is 4.74 Å². The summed E-state index contributed by atoms with van der Waals surface area (Å²) >= 11 is 0. The van der Waals surface area contributed by atoms with Crippen LogP contribution in [0.5, 0.6) is 5.75 Å². The summed E-state index contributed by atoms with van der Waals surface area (Å²) in [4.78, 5) is 0. The average Bonchev–Trinajstić information content (AvgIpc) is 2.17. The average molecular weight is 216 g/mol. The van der Waals surface area contributed by atoms with Crippen LogP contribution in [0, 0.1) is 0 Å². The van der Waals surface area contributed by atoms with Gasteiger partial charge in [0.15, 0.2) is 0 Å². The van der Waals surface area contributed by atoms with Crippen molar-refractivity contribution in [3.63, 3.8) is 0 Å². The Hall–Kier alpha value is -1.45. The highest BCUT2D eigenvalue weighted by Gasteiger charge is 2.39. The van der Waals surface area contributed by atoms with Crippen molar-refractivity contribution in [2.45, 2.75) is 12.1 Å². The molecule has 1 aromatic carbocycles. The van der Waals surface area contributed by atoms with Gasteiger partial charge in [-0.2, -0.15) is 13.2 Å². The van der Waals surface area contributed by atoms with Crippen LogP contribution >= 0.6 is 0 Å². The molecule has 0 saturated carbocycles. The lowest BCUT2D eigenvalue weighted by Crippen LogP contribution is -2.19. The van der Waals surface area contributed by atoms with Gasteiger partial charge in [-0.1, -0.05) is 24.3 Å². The van der Waals surface area contributed by atoms with Gasteiger partial charge >= 0.3 is 6.18 Å². The Morgan fingerprint density at radius 2 is 1.93 bits per heavy atom. The number of ether oxygens (including phenoxy) is 1. The summed E-state index contributed by atoms with van der Waals surface area (Å²) in [5, 5.41) is 0. The van der Waals surface area contributed by atoms with Crippen molar-refractivity contribution in [2.75, 3.05) is 7.11 Å². The van der Waals surface area contributed by atoms with Gasteiger partial charge in [0.2, 0.25) is 0 Å². The summed E-state index contributed by atoms with van der Waals surface area (Å²) in [6.45, 7) is 3.20. The van der Waals surface area contributed by atoms with E-state index in [0.29, 0.717) is 0 Å². The fraction of sp³-hybridized carbons (Fsp3) is 0.273. The fourth-order valence-electron chi connectivity index (χ4n) is 1.36. The van der Waals surface area contributed by atoms with E-state index in [1.54, 1.807) is 12.1 Å². The zero-order chi connectivity index (χ0) is 11.5. The number of benzene rings is 1. The largest absolute Gasteiger partial charge is 0.496 e. The second kappa shape index (κ2) is 4.38. The first-order valence-corrected chi connectivity index (χ1v) is 4.33. The van der Waals surface area contributed by atoms with E-state index in [4.69, 9.17) is 4.74 Å². The lowest BCUT2D eigenvalue weighted by Gasteiger charge is -2.19. The van der Waals surface area contributed by atoms with Gasteiger partial charge in [0, 0.05) is 5.56 Å². The number of hydrogen-bond acceptors (Lipinski definition) is 1. The SMILES string of the molecule is C=CC(c1ccccc1OC)C(F)(F)F. The van der Waals surface area contributed by atoms with Crippen LogP contribution in [0.1, 0.15) is 11.5 Å². The molecule has 0 N–H and O–H groups in total. The van der Waals surface area contributed by atoms with Crippen molar-refractivity contribution in [2.24, 2.45) is 0 Å². The maximum atomic E-state index is 12.6. The Kier molecular flexibility index (Phi) is 3.39. The molecule has 1 atom stereocenters. The molecular formula is C11H11F3O. The highest BCUT2D eigenvalue weighted by atomic mass is 19.4. The number of hydrogen-bond donors (Lipinski definition) is 0. The molecule has 0 saturated heterocycles. The van der Waals surface area contributed by atoms with Crippen LogP contribution in [0.3, 0.4) is 0 Å². The molecule has 0 fully saturated rings. The van der Waals surface area contributed by atoms with E-state index in [9.17, 15) is 13.2 Å². The van der Waals surface area contributed by atoms with Gasteiger partial charge in [0.1, 0.15) is 11.7 Å². The summed E-state index contributed by atoms with van der Waals surface area (Å²) < 4.78 is 42.7. The molecule has 0 aromatic heterocycles. The maximum absolute atomic E-state index is 12.6. The standard InChI is InChI=1S/C11H11F3O/c1-3-9(11(12,13)14)8-6-4-5-7-10(8)15-2/h3-7,9H,1H2,2H3. The summed E-state index contributed by atoms with van der Waals surface area (Å²) in [6.07, 6.45) is -3.46. The van der Waals surface area contributed by atoms with Crippen LogP contribution in [-0.2, 0) is 0 Å². The van der Waals surface area contributed by atoms with Crippen molar-refractivity contribution < 1.29 is 17.9 Å². The molecule has 0 aliphatic heterocycles. The zero-order valence-corrected chi connectivity index (χ0v) is 8.21. The third-order valence-corrected chi connectivity index (χ3v) is 2.06. The summed E-state index contributed by atoms with van der Waals surface area (Å²) in [5.74, 6) is -1.46. The Morgan fingerprint density at radius 1 is 1.33 bits per heavy atom. The molecular weight excluding hydrogens is 205 g/mol. The van der Waals surface area contributed by atoms with E-state index >= 15 is 0 Å². The summed E-state index contributed by atoms with van der Waals surface area (Å²) in [7, 11) is 1.34. The molecule has 1 rings (SSSR count). The quantitative estimate of drug-likeness (QED) is 0.702. The van der Waals surface area contributed by atoms with Crippen molar-refractivity contribution in [3.8, 4) is 5.75 Å². The first kappa shape index (κ1) is 11.6. The smallest absolute Gasteiger partial charge is 0.399 e. The van der Waals surface area contributed by atoms with Gasteiger partial charge in [0.25, 0.3) is 0 Å². The number of alkyl halides is 3. The van der Waals surface area contributed by atoms with Gasteiger partial charge in [-0.15, -0.1) is 6.58 Å². The van der Waals surface area contributed by atoms with Gasteiger partial charge in [-0.25, -0.2) is 0 Å². The Morgan fingerprint density at radius 3 is 2.40 bits per heavy atom. The van der Waals surface area contributed by atoms with E-state index in [-0.39, 0.29) is 11.3 Å². The first-order chi connectivity index (χ1) is 7.00. The molecule has 1 unspecified atom stereocenters. The van der Waals surface area contributed by atoms with E-state index in [0.717, 1.165) is 6.08 Å². The van der Waals surface area contributed by atoms with Crippen LogP contribution in [0.15, 0.2) is 36.9 Å². The lowest BCUT2D eigenvalue weighted by atomic mass is 9.98. The van der Waals surface area contributed by atoms with E-state index in [1.807, 2.05) is 0 Å². The zero-order valence-electron chi connectivity index (χ0n) is 8.21. The van der Waals surface area contributed by atoms with E-state index in [2.05, 4.69) is 6.58 Å². The molecule has 0 aliphatic carbocycles. The Balaban J connectivity index is 3.18. The molecule has 0 bridgehead atoms. The molecule has 1 aromatic rings. The topological polar surface area (TPSA) is 9.23 Å². The second-order valence-corrected chi connectivity index (χ2v) is 3.00. The van der Waals surface area contributed by atoms with Crippen molar-refractivity contribution in [1.82, 2.24) is 0 Å². The van der Waals surface area contributed by atoms with Crippen molar-refractivity contribution >= 4 is 0 Å². The minimum absolute atomic E-state index is 0.0856. The first-order valence-electron chi connectivity index (χ1n) is 4.33. The summed E-state index contributed by atoms with van der Waals surface area (Å²) in [5.41, 5.74) is 0.0856. The van der Waals surface area contributed by atoms with Crippen LogP contribution in [0.25, 0.3) is 0 Å². The van der Waals surface area contributed by atoms with Gasteiger partial charge < -0.3 is 4.74 Å². The number of para-hydroxylation sites is 1. The number of methoxy groups -OCH3 is 1. The molecule has 1 nitrogen and oxygen atoms in total. The van der Waals surface area contributed by atoms with Gasteiger partial charge in [0.05, 0.1) is 7.11 Å². The van der Waals surface area contributed by atoms with Crippen molar-refractivity contribution in [3.05, 3.63) is 42.5 Å². The minimum Gasteiger partial charge on any atom is -0.496 e. The fourth-order valence-corrected chi connectivity index (χ4v) is 1.36. The molecule has 0 radical (unpaired) electrons. The van der Waals surface area contributed by atoms with Crippen LogP contribution in [-0.4, -0.2) is 13.3 Å². The van der Waals surface area contributed by atoms with E-state index < -0.39 is 12.1 Å². The Labute approximate surface area is 86.2 Å². The highest BCUT2D eigenvalue weighted by molar-refractivity contribution is 5.39. The van der Waals surface area contributed by atoms with Crippen molar-refractivity contribution in [1.29, 1.82) is 0 Å². The summed E-state index contributed by atoms with van der Waals surface area (Å²) in [6, 6.07) is 6.05. The molecule has 4 heteroatoms. The third-order valence-electron chi connectivity index (χ3n) is 2.06. The molecule has 0 heterocycles. The number of rotatable bonds is 3. The molecule has 0 amide bonds. The predicted molar refractivity (Wildman–Crippen MR) is 52.0 cm³/mol. The third kappa shape index (κ3) is 2.52. The predicted octanol–water partition coefficient (Wildman–Crippen LogP) is 3.53. The minimum atomic E-state index is -4.34. The number of halogens is 3. The lowest BCUT2D eigenvalue weighted by molar-refractivity contribution is -0.139. The highest BCUT2D eigenvalue weighted by Crippen LogP contribution is 2.39. The molecule has 0 spiro atoms. The Bertz CT molecular complexity index is 344. The van der Waals surface area contributed by atoms with Gasteiger partial charge in [-0.3, -0.25) is 0 Å². The molecule has 82 valence electrons. The number of allylic oxidation sites excluding steroid dienone is 1. The molecule has 0 aliphatic rings.